The van der Waals surface area contributed by atoms with Gasteiger partial charge in [0.1, 0.15) is 4.75 Å². The average Bonchev–Trinajstić information content (AvgIpc) is 3.45. The zero-order valence-electron chi connectivity index (χ0n) is 24.4. The number of carboxylic acid groups (broad SMARTS) is 1. The highest BCUT2D eigenvalue weighted by Crippen LogP contribution is 2.54. The van der Waals surface area contributed by atoms with Crippen LogP contribution < -0.4 is 0 Å². The summed E-state index contributed by atoms with van der Waals surface area (Å²) in [6.07, 6.45) is -10.6. The molecule has 3 aliphatic rings. The van der Waals surface area contributed by atoms with E-state index in [0.29, 0.717) is 37.0 Å². The summed E-state index contributed by atoms with van der Waals surface area (Å²) in [5, 5.41) is 20.2. The molecule has 2 aromatic carbocycles. The zero-order valence-corrected chi connectivity index (χ0v) is 25.2. The standard InChI is InChI=1S/C31H32F7NO6S/c32-29(30(33,34)35,31(36,37)38)22-11-9-21(10-12-22)28(46(44,45)24-4-1-3-23(17-24)27(43)13-2-14-27)15-16-39(18-28)25(40)19-5-7-20(8-6-19)26(41)42/h1,3-4,9-12,17,19-20,43H,2,5-8,13-16,18H2,(H,41,42). The lowest BCUT2D eigenvalue weighted by molar-refractivity contribution is -0.348. The van der Waals surface area contributed by atoms with Gasteiger partial charge < -0.3 is 15.1 Å². The van der Waals surface area contributed by atoms with Crippen molar-refractivity contribution in [2.24, 2.45) is 11.8 Å². The predicted molar refractivity (Wildman–Crippen MR) is 149 cm³/mol. The quantitative estimate of drug-likeness (QED) is 0.340. The summed E-state index contributed by atoms with van der Waals surface area (Å²) >= 11 is 0. The van der Waals surface area contributed by atoms with Crippen LogP contribution in [0.25, 0.3) is 0 Å². The maximum absolute atomic E-state index is 14.8. The van der Waals surface area contributed by atoms with Crippen LogP contribution in [0.2, 0.25) is 0 Å². The molecule has 5 rings (SSSR count). The van der Waals surface area contributed by atoms with Crippen molar-refractivity contribution in [1.82, 2.24) is 4.90 Å². The van der Waals surface area contributed by atoms with Gasteiger partial charge in [-0.3, -0.25) is 9.59 Å². The van der Waals surface area contributed by atoms with Gasteiger partial charge in [0.2, 0.25) is 5.91 Å². The van der Waals surface area contributed by atoms with Crippen molar-refractivity contribution in [3.8, 4) is 0 Å². The van der Waals surface area contributed by atoms with Crippen LogP contribution in [-0.4, -0.2) is 60.8 Å². The second kappa shape index (κ2) is 11.5. The molecule has 252 valence electrons. The minimum atomic E-state index is -6.37. The number of amides is 1. The van der Waals surface area contributed by atoms with Crippen LogP contribution in [0.15, 0.2) is 53.4 Å². The van der Waals surface area contributed by atoms with Crippen molar-refractivity contribution >= 4 is 21.7 Å². The van der Waals surface area contributed by atoms with Gasteiger partial charge in [0.05, 0.1) is 16.4 Å². The number of alkyl halides is 7. The Morgan fingerprint density at radius 2 is 1.37 bits per heavy atom. The third-order valence-electron chi connectivity index (χ3n) is 9.94. The van der Waals surface area contributed by atoms with Gasteiger partial charge in [0.15, 0.2) is 9.84 Å². The molecule has 7 nitrogen and oxygen atoms in total. The van der Waals surface area contributed by atoms with Gasteiger partial charge in [0, 0.05) is 24.6 Å². The molecule has 1 saturated heterocycles. The normalized spacial score (nSPS) is 25.6. The topological polar surface area (TPSA) is 112 Å². The number of carboxylic acids is 1. The van der Waals surface area contributed by atoms with Crippen LogP contribution in [0.3, 0.4) is 0 Å². The zero-order chi connectivity index (χ0) is 33.9. The Balaban J connectivity index is 1.55. The Morgan fingerprint density at radius 3 is 1.87 bits per heavy atom. The van der Waals surface area contributed by atoms with Crippen molar-refractivity contribution in [3.05, 3.63) is 65.2 Å². The number of rotatable bonds is 7. The van der Waals surface area contributed by atoms with E-state index >= 15 is 0 Å². The smallest absolute Gasteiger partial charge is 0.435 e. The molecule has 0 bridgehead atoms. The SMILES string of the molecule is O=C(O)C1CCC(C(=O)N2CCC(c3ccc(C(F)(C(F)(F)F)C(F)(F)F)cc3)(S(=O)(=O)c3cccc(C4(O)CCC4)c3)C2)CC1. The molecule has 0 radical (unpaired) electrons. The molecule has 1 heterocycles. The summed E-state index contributed by atoms with van der Waals surface area (Å²) in [7, 11) is -4.56. The number of hydrogen-bond donors (Lipinski definition) is 2. The van der Waals surface area contributed by atoms with E-state index in [1.165, 1.54) is 23.1 Å². The third kappa shape index (κ3) is 5.46. The summed E-state index contributed by atoms with van der Waals surface area (Å²) in [6, 6.07) is 7.46. The van der Waals surface area contributed by atoms with E-state index in [0.717, 1.165) is 0 Å². The third-order valence-corrected chi connectivity index (χ3v) is 12.4. The van der Waals surface area contributed by atoms with Gasteiger partial charge in [0.25, 0.3) is 0 Å². The second-order valence-electron chi connectivity index (χ2n) is 12.5. The highest BCUT2D eigenvalue weighted by molar-refractivity contribution is 7.92. The fourth-order valence-electron chi connectivity index (χ4n) is 6.90. The Labute approximate surface area is 260 Å². The Morgan fingerprint density at radius 1 is 0.804 bits per heavy atom. The van der Waals surface area contributed by atoms with Gasteiger partial charge in [-0.2, -0.15) is 26.3 Å². The van der Waals surface area contributed by atoms with E-state index in [1.54, 1.807) is 6.07 Å². The Bertz CT molecular complexity index is 1580. The molecule has 2 N–H and O–H groups in total. The molecule has 15 heteroatoms. The Hall–Kier alpha value is -3.20. The first-order valence-corrected chi connectivity index (χ1v) is 16.3. The number of hydrogen-bond acceptors (Lipinski definition) is 5. The van der Waals surface area contributed by atoms with E-state index in [4.69, 9.17) is 0 Å². The minimum absolute atomic E-state index is 0.125. The van der Waals surface area contributed by atoms with Gasteiger partial charge >= 0.3 is 24.0 Å². The van der Waals surface area contributed by atoms with Crippen molar-refractivity contribution in [1.29, 1.82) is 0 Å². The molecule has 2 saturated carbocycles. The number of aliphatic carboxylic acids is 1. The maximum Gasteiger partial charge on any atom is 0.435 e. The molecule has 1 aliphatic heterocycles. The number of benzene rings is 2. The molecule has 0 spiro atoms. The number of nitrogens with zero attached hydrogens (tertiary/aromatic N) is 1. The summed E-state index contributed by atoms with van der Waals surface area (Å²) in [6.45, 7) is -0.624. The summed E-state index contributed by atoms with van der Waals surface area (Å²) in [4.78, 5) is 25.9. The summed E-state index contributed by atoms with van der Waals surface area (Å²) < 4.78 is 122. The van der Waals surface area contributed by atoms with Crippen LogP contribution in [0, 0.1) is 11.8 Å². The fourth-order valence-corrected chi connectivity index (χ4v) is 9.02. The molecule has 2 aliphatic carbocycles. The number of likely N-dealkylation sites (tertiary alicyclic amines) is 1. The lowest BCUT2D eigenvalue weighted by Gasteiger charge is -2.37. The minimum Gasteiger partial charge on any atom is -0.481 e. The first-order chi connectivity index (χ1) is 21.3. The van der Waals surface area contributed by atoms with Gasteiger partial charge in [-0.15, -0.1) is 0 Å². The summed E-state index contributed by atoms with van der Waals surface area (Å²) in [5.41, 5.74) is -8.67. The first kappa shape index (κ1) is 34.1. The lowest BCUT2D eigenvalue weighted by Crippen LogP contribution is -2.50. The van der Waals surface area contributed by atoms with Gasteiger partial charge in [-0.05, 0) is 74.6 Å². The van der Waals surface area contributed by atoms with Crippen molar-refractivity contribution < 1.29 is 59.0 Å². The van der Waals surface area contributed by atoms with Crippen molar-refractivity contribution in [2.45, 2.75) is 84.6 Å². The molecule has 46 heavy (non-hydrogen) atoms. The van der Waals surface area contributed by atoms with E-state index in [-0.39, 0.29) is 61.2 Å². The van der Waals surface area contributed by atoms with Crippen molar-refractivity contribution in [3.63, 3.8) is 0 Å². The number of carbonyl (C=O) groups is 2. The van der Waals surface area contributed by atoms with Crippen LogP contribution in [0.1, 0.15) is 68.1 Å². The summed E-state index contributed by atoms with van der Waals surface area (Å²) in [5.74, 6) is -2.64. The number of carbonyl (C=O) groups excluding carboxylic acids is 1. The molecule has 2 aromatic rings. The highest BCUT2D eigenvalue weighted by atomic mass is 32.2. The molecule has 3 fully saturated rings. The van der Waals surface area contributed by atoms with Crippen LogP contribution >= 0.6 is 0 Å². The molecule has 1 unspecified atom stereocenters. The molecule has 0 aromatic heterocycles. The van der Waals surface area contributed by atoms with E-state index < -0.39 is 74.0 Å². The lowest BCUT2D eigenvalue weighted by atomic mass is 9.75. The van der Waals surface area contributed by atoms with Crippen LogP contribution in [-0.2, 0) is 35.4 Å². The molecule has 1 atom stereocenters. The largest absolute Gasteiger partial charge is 0.481 e. The number of halogens is 7. The average molecular weight is 680 g/mol. The first-order valence-electron chi connectivity index (χ1n) is 14.8. The number of sulfone groups is 1. The Kier molecular flexibility index (Phi) is 8.53. The maximum atomic E-state index is 14.8. The predicted octanol–water partition coefficient (Wildman–Crippen LogP) is 6.14. The molecular weight excluding hydrogens is 647 g/mol. The van der Waals surface area contributed by atoms with E-state index in [9.17, 15) is 59.0 Å². The highest BCUT2D eigenvalue weighted by Gasteiger charge is 2.73. The van der Waals surface area contributed by atoms with Crippen LogP contribution in [0.4, 0.5) is 30.7 Å². The monoisotopic (exact) mass is 679 g/mol. The van der Waals surface area contributed by atoms with Gasteiger partial charge in [-0.25, -0.2) is 12.8 Å². The molecular formula is C31H32F7NO6S. The number of aliphatic hydroxyl groups is 1. The second-order valence-corrected chi connectivity index (χ2v) is 14.8. The van der Waals surface area contributed by atoms with E-state index in [1.807, 2.05) is 0 Å². The van der Waals surface area contributed by atoms with Crippen LogP contribution in [0.5, 0.6) is 0 Å². The van der Waals surface area contributed by atoms with Crippen molar-refractivity contribution in [2.75, 3.05) is 13.1 Å². The van der Waals surface area contributed by atoms with Gasteiger partial charge in [-0.1, -0.05) is 36.4 Å². The van der Waals surface area contributed by atoms with E-state index in [2.05, 4.69) is 0 Å². The molecule has 1 amide bonds. The fraction of sp³-hybridized carbons (Fsp3) is 0.548.